The van der Waals surface area contributed by atoms with E-state index in [1.54, 1.807) is 18.3 Å². The molecule has 138 valence electrons. The number of aromatic nitrogens is 1. The monoisotopic (exact) mass is 361 g/mol. The Morgan fingerprint density at radius 3 is 2.33 bits per heavy atom. The van der Waals surface area contributed by atoms with Crippen LogP contribution in [0.4, 0.5) is 0 Å². The lowest BCUT2D eigenvalue weighted by Gasteiger charge is -2.08. The average molecular weight is 361 g/mol. The Hall–Kier alpha value is -3.18. The molecule has 1 aromatic heterocycles. The summed E-state index contributed by atoms with van der Waals surface area (Å²) in [5.74, 6) is 0.966. The zero-order valence-electron chi connectivity index (χ0n) is 15.1. The highest BCUT2D eigenvalue weighted by Gasteiger charge is 2.02. The molecule has 3 N–H and O–H groups in total. The molecule has 0 bridgehead atoms. The predicted molar refractivity (Wildman–Crippen MR) is 106 cm³/mol. The Bertz CT molecular complexity index is 847. The number of pyridine rings is 1. The maximum absolute atomic E-state index is 10.9. The molecule has 2 aromatic carbocycles. The van der Waals surface area contributed by atoms with E-state index in [-0.39, 0.29) is 6.42 Å². The summed E-state index contributed by atoms with van der Waals surface area (Å²) in [6.45, 7) is 1.75. The molecule has 1 heterocycles. The molecule has 27 heavy (non-hydrogen) atoms. The highest BCUT2D eigenvalue weighted by atomic mass is 16.5. The lowest BCUT2D eigenvalue weighted by Crippen LogP contribution is -2.16. The van der Waals surface area contributed by atoms with E-state index in [9.17, 15) is 4.79 Å². The van der Waals surface area contributed by atoms with Crippen LogP contribution < -0.4 is 15.8 Å². The van der Waals surface area contributed by atoms with Gasteiger partial charge in [0.15, 0.2) is 0 Å². The van der Waals surface area contributed by atoms with E-state index < -0.39 is 5.91 Å². The van der Waals surface area contributed by atoms with Gasteiger partial charge in [0.25, 0.3) is 0 Å². The number of nitrogens with one attached hydrogen (secondary N) is 1. The van der Waals surface area contributed by atoms with Crippen molar-refractivity contribution in [2.45, 2.75) is 19.4 Å². The maximum atomic E-state index is 10.9. The zero-order chi connectivity index (χ0) is 18.9. The van der Waals surface area contributed by atoms with Crippen molar-refractivity contribution in [1.82, 2.24) is 10.3 Å². The van der Waals surface area contributed by atoms with Crippen LogP contribution in [-0.4, -0.2) is 17.4 Å². The topological polar surface area (TPSA) is 77.2 Å². The molecule has 0 fully saturated rings. The first-order valence-electron chi connectivity index (χ1n) is 8.94. The third-order valence-electron chi connectivity index (χ3n) is 4.07. The number of hydrogen-bond donors (Lipinski definition) is 2. The molecule has 0 radical (unpaired) electrons. The maximum Gasteiger partial charge on any atom is 0.223 e. The van der Waals surface area contributed by atoms with Crippen LogP contribution in [-0.2, 0) is 24.2 Å². The molecule has 0 atom stereocenters. The first kappa shape index (κ1) is 18.6. The van der Waals surface area contributed by atoms with Crippen molar-refractivity contribution in [3.63, 3.8) is 0 Å². The van der Waals surface area contributed by atoms with Crippen molar-refractivity contribution >= 4 is 5.91 Å². The third-order valence-corrected chi connectivity index (χ3v) is 4.07. The molecule has 0 aliphatic carbocycles. The molecule has 3 aromatic rings. The van der Waals surface area contributed by atoms with Crippen molar-refractivity contribution < 1.29 is 9.53 Å². The average Bonchev–Trinajstić information content (AvgIpc) is 2.68. The zero-order valence-corrected chi connectivity index (χ0v) is 15.1. The van der Waals surface area contributed by atoms with Gasteiger partial charge in [-0.1, -0.05) is 42.5 Å². The Labute approximate surface area is 159 Å². The van der Waals surface area contributed by atoms with Gasteiger partial charge in [-0.2, -0.15) is 0 Å². The Morgan fingerprint density at radius 1 is 0.926 bits per heavy atom. The van der Waals surface area contributed by atoms with Crippen LogP contribution in [0, 0.1) is 0 Å². The summed E-state index contributed by atoms with van der Waals surface area (Å²) in [5, 5.41) is 3.45. The van der Waals surface area contributed by atoms with Crippen molar-refractivity contribution in [3.8, 4) is 11.5 Å². The van der Waals surface area contributed by atoms with Crippen LogP contribution >= 0.6 is 0 Å². The van der Waals surface area contributed by atoms with E-state index in [2.05, 4.69) is 34.6 Å². The van der Waals surface area contributed by atoms with Crippen LogP contribution in [0.3, 0.4) is 0 Å². The van der Waals surface area contributed by atoms with Gasteiger partial charge < -0.3 is 15.8 Å². The summed E-state index contributed by atoms with van der Waals surface area (Å²) >= 11 is 0. The Morgan fingerprint density at radius 2 is 1.67 bits per heavy atom. The molecule has 0 spiro atoms. The van der Waals surface area contributed by atoms with E-state index in [0.29, 0.717) is 11.4 Å². The van der Waals surface area contributed by atoms with Crippen LogP contribution in [0.5, 0.6) is 11.5 Å². The number of nitrogens with zero attached hydrogens (tertiary/aromatic N) is 1. The molecular formula is C22H23N3O2. The lowest BCUT2D eigenvalue weighted by atomic mass is 10.1. The molecule has 5 nitrogen and oxygen atoms in total. The molecule has 3 rings (SSSR count). The number of nitrogens with two attached hydrogens (primary N) is 1. The normalized spacial score (nSPS) is 10.5. The molecule has 0 unspecified atom stereocenters. The highest BCUT2D eigenvalue weighted by Crippen LogP contribution is 2.21. The number of rotatable bonds is 9. The summed E-state index contributed by atoms with van der Waals surface area (Å²) in [6, 6.07) is 21.9. The first-order chi connectivity index (χ1) is 13.2. The number of benzene rings is 2. The minimum atomic E-state index is -0.399. The molecule has 1 amide bonds. The number of ether oxygens (including phenoxy) is 1. The number of carbonyl (C=O) groups excluding carboxylic acids is 1. The smallest absolute Gasteiger partial charge is 0.223 e. The molecule has 0 aliphatic rings. The summed E-state index contributed by atoms with van der Waals surface area (Å²) in [5.41, 5.74) is 8.33. The van der Waals surface area contributed by atoms with E-state index in [0.717, 1.165) is 25.3 Å². The molecule has 0 aliphatic heterocycles. The summed E-state index contributed by atoms with van der Waals surface area (Å²) in [4.78, 5) is 15.1. The van der Waals surface area contributed by atoms with Gasteiger partial charge in [-0.15, -0.1) is 0 Å². The van der Waals surface area contributed by atoms with Gasteiger partial charge in [0.2, 0.25) is 5.91 Å². The molecule has 0 saturated carbocycles. The fourth-order valence-corrected chi connectivity index (χ4v) is 2.68. The van der Waals surface area contributed by atoms with Crippen LogP contribution in [0.1, 0.15) is 16.8 Å². The summed E-state index contributed by atoms with van der Waals surface area (Å²) in [6.07, 6.45) is 2.74. The van der Waals surface area contributed by atoms with E-state index in [1.165, 1.54) is 11.1 Å². The fourth-order valence-electron chi connectivity index (χ4n) is 2.68. The minimum Gasteiger partial charge on any atom is -0.456 e. The van der Waals surface area contributed by atoms with Crippen molar-refractivity contribution in [3.05, 3.63) is 89.7 Å². The standard InChI is InChI=1S/C22H23N3O2/c23-22(26)14-19-8-11-21(16-25-19)27-20-9-6-18(7-10-20)15-24-13-12-17-4-2-1-3-5-17/h1-11,16,24H,12-15H2,(H2,23,26). The minimum absolute atomic E-state index is 0.131. The number of carbonyl (C=O) groups is 1. The van der Waals surface area contributed by atoms with Gasteiger partial charge >= 0.3 is 0 Å². The van der Waals surface area contributed by atoms with E-state index in [4.69, 9.17) is 10.5 Å². The summed E-state index contributed by atoms with van der Waals surface area (Å²) in [7, 11) is 0. The Balaban J connectivity index is 1.45. The molecular weight excluding hydrogens is 338 g/mol. The van der Waals surface area contributed by atoms with Crippen molar-refractivity contribution in [2.75, 3.05) is 6.54 Å². The predicted octanol–water partition coefficient (Wildman–Crippen LogP) is 3.23. The number of amides is 1. The third kappa shape index (κ3) is 6.24. The van der Waals surface area contributed by atoms with Gasteiger partial charge in [-0.05, 0) is 48.4 Å². The largest absolute Gasteiger partial charge is 0.456 e. The second-order valence-electron chi connectivity index (χ2n) is 6.29. The number of hydrogen-bond acceptors (Lipinski definition) is 4. The molecule has 5 heteroatoms. The SMILES string of the molecule is NC(=O)Cc1ccc(Oc2ccc(CNCCc3ccccc3)cc2)cn1. The van der Waals surface area contributed by atoms with Crippen molar-refractivity contribution in [1.29, 1.82) is 0 Å². The Kier molecular flexibility index (Phi) is 6.55. The van der Waals surface area contributed by atoms with Gasteiger partial charge in [0, 0.05) is 12.2 Å². The van der Waals surface area contributed by atoms with Crippen molar-refractivity contribution in [2.24, 2.45) is 5.73 Å². The number of primary amides is 1. The van der Waals surface area contributed by atoms with Gasteiger partial charge in [0.05, 0.1) is 12.6 Å². The van der Waals surface area contributed by atoms with Crippen LogP contribution in [0.25, 0.3) is 0 Å². The van der Waals surface area contributed by atoms with Crippen LogP contribution in [0.2, 0.25) is 0 Å². The quantitative estimate of drug-likeness (QED) is 0.574. The van der Waals surface area contributed by atoms with E-state index >= 15 is 0 Å². The second kappa shape index (κ2) is 9.50. The lowest BCUT2D eigenvalue weighted by molar-refractivity contribution is -0.117. The van der Waals surface area contributed by atoms with Crippen LogP contribution in [0.15, 0.2) is 72.9 Å². The first-order valence-corrected chi connectivity index (χ1v) is 8.94. The van der Waals surface area contributed by atoms with E-state index in [1.807, 2.05) is 30.3 Å². The van der Waals surface area contributed by atoms with Gasteiger partial charge in [-0.3, -0.25) is 9.78 Å². The van der Waals surface area contributed by atoms with Gasteiger partial charge in [-0.25, -0.2) is 0 Å². The summed E-state index contributed by atoms with van der Waals surface area (Å²) < 4.78 is 5.78. The fraction of sp³-hybridized carbons (Fsp3) is 0.182. The van der Waals surface area contributed by atoms with Gasteiger partial charge in [0.1, 0.15) is 11.5 Å². The highest BCUT2D eigenvalue weighted by molar-refractivity contribution is 5.76. The molecule has 0 saturated heterocycles. The second-order valence-corrected chi connectivity index (χ2v) is 6.29.